The number of halogens is 2. The van der Waals surface area contributed by atoms with Gasteiger partial charge in [-0.15, -0.1) is 11.3 Å². The first-order chi connectivity index (χ1) is 8.20. The van der Waals surface area contributed by atoms with E-state index in [4.69, 9.17) is 5.11 Å². The minimum atomic E-state index is -2.92. The number of aliphatic hydroxyl groups excluding tert-OH is 1. The molecule has 2 heterocycles. The third-order valence-electron chi connectivity index (χ3n) is 1.93. The molecule has 0 aliphatic rings. The Hall–Kier alpha value is -1.60. The van der Waals surface area contributed by atoms with Gasteiger partial charge in [0.25, 0.3) is 0 Å². The Morgan fingerprint density at radius 2 is 2.24 bits per heavy atom. The van der Waals surface area contributed by atoms with Crippen LogP contribution in [0.5, 0.6) is 5.88 Å². The Balaban J connectivity index is 2.36. The summed E-state index contributed by atoms with van der Waals surface area (Å²) in [5, 5.41) is 9.40. The van der Waals surface area contributed by atoms with E-state index in [1.807, 2.05) is 0 Å². The molecule has 0 radical (unpaired) electrons. The first kappa shape index (κ1) is 11.9. The van der Waals surface area contributed by atoms with Gasteiger partial charge in [-0.1, -0.05) is 0 Å². The van der Waals surface area contributed by atoms with Gasteiger partial charge in [0, 0.05) is 12.4 Å². The normalized spacial score (nSPS) is 10.8. The fourth-order valence-corrected chi connectivity index (χ4v) is 2.06. The van der Waals surface area contributed by atoms with Crippen LogP contribution in [0, 0.1) is 0 Å². The molecule has 1 N–H and O–H groups in total. The van der Waals surface area contributed by atoms with Crippen LogP contribution in [0.4, 0.5) is 8.78 Å². The SMILES string of the molecule is OCc1ncc(-c2cccnc2OC(F)F)s1. The summed E-state index contributed by atoms with van der Waals surface area (Å²) in [7, 11) is 0. The lowest BCUT2D eigenvalue weighted by atomic mass is 10.2. The van der Waals surface area contributed by atoms with Gasteiger partial charge in [0.1, 0.15) is 5.01 Å². The summed E-state index contributed by atoms with van der Waals surface area (Å²) in [4.78, 5) is 8.30. The number of aromatic nitrogens is 2. The third-order valence-corrected chi connectivity index (χ3v) is 2.94. The Kier molecular flexibility index (Phi) is 3.60. The smallest absolute Gasteiger partial charge is 0.388 e. The number of nitrogens with zero attached hydrogens (tertiary/aromatic N) is 2. The van der Waals surface area contributed by atoms with E-state index in [9.17, 15) is 8.78 Å². The maximum atomic E-state index is 12.2. The van der Waals surface area contributed by atoms with Crippen molar-refractivity contribution in [2.75, 3.05) is 0 Å². The van der Waals surface area contributed by atoms with Gasteiger partial charge in [-0.25, -0.2) is 9.97 Å². The molecule has 2 aromatic heterocycles. The second-order valence-electron chi connectivity index (χ2n) is 3.01. The van der Waals surface area contributed by atoms with E-state index in [-0.39, 0.29) is 12.5 Å². The van der Waals surface area contributed by atoms with Crippen LogP contribution >= 0.6 is 11.3 Å². The molecular formula is C10H8F2N2O2S. The van der Waals surface area contributed by atoms with Crippen LogP contribution in [0.15, 0.2) is 24.5 Å². The van der Waals surface area contributed by atoms with Crippen molar-refractivity contribution in [3.8, 4) is 16.3 Å². The predicted octanol–water partition coefficient (Wildman–Crippen LogP) is 2.30. The van der Waals surface area contributed by atoms with E-state index < -0.39 is 6.61 Å². The van der Waals surface area contributed by atoms with E-state index in [1.54, 1.807) is 12.1 Å². The van der Waals surface area contributed by atoms with Crippen molar-refractivity contribution in [1.29, 1.82) is 0 Å². The molecule has 0 fully saturated rings. The number of aliphatic hydroxyl groups is 1. The number of ether oxygens (including phenoxy) is 1. The van der Waals surface area contributed by atoms with Crippen LogP contribution in [-0.2, 0) is 6.61 Å². The molecule has 0 atom stereocenters. The van der Waals surface area contributed by atoms with E-state index in [0.29, 0.717) is 15.4 Å². The number of hydrogen-bond acceptors (Lipinski definition) is 5. The first-order valence-corrected chi connectivity index (χ1v) is 5.48. The second-order valence-corrected chi connectivity index (χ2v) is 4.13. The van der Waals surface area contributed by atoms with Gasteiger partial charge in [-0.05, 0) is 12.1 Å². The summed E-state index contributed by atoms with van der Waals surface area (Å²) in [5.41, 5.74) is 0.435. The number of thiazole rings is 1. The number of rotatable bonds is 4. The minimum Gasteiger partial charge on any atom is -0.416 e. The monoisotopic (exact) mass is 258 g/mol. The van der Waals surface area contributed by atoms with Crippen molar-refractivity contribution >= 4 is 11.3 Å². The van der Waals surface area contributed by atoms with Gasteiger partial charge < -0.3 is 9.84 Å². The molecule has 0 aliphatic carbocycles. The highest BCUT2D eigenvalue weighted by Crippen LogP contribution is 2.32. The van der Waals surface area contributed by atoms with Gasteiger partial charge in [0.05, 0.1) is 17.0 Å². The summed E-state index contributed by atoms with van der Waals surface area (Å²) in [6, 6.07) is 3.23. The van der Waals surface area contributed by atoms with Crippen molar-refractivity contribution < 1.29 is 18.6 Å². The number of pyridine rings is 1. The molecule has 0 amide bonds. The summed E-state index contributed by atoms with van der Waals surface area (Å²) < 4.78 is 28.7. The highest BCUT2D eigenvalue weighted by molar-refractivity contribution is 7.15. The van der Waals surface area contributed by atoms with E-state index >= 15 is 0 Å². The molecule has 0 unspecified atom stereocenters. The van der Waals surface area contributed by atoms with Crippen LogP contribution in [0.3, 0.4) is 0 Å². The Morgan fingerprint density at radius 1 is 1.41 bits per heavy atom. The number of hydrogen-bond donors (Lipinski definition) is 1. The molecule has 0 aliphatic heterocycles. The summed E-state index contributed by atoms with van der Waals surface area (Å²) in [6.45, 7) is -3.11. The Bertz CT molecular complexity index is 505. The first-order valence-electron chi connectivity index (χ1n) is 4.66. The van der Waals surface area contributed by atoms with Crippen molar-refractivity contribution in [3.63, 3.8) is 0 Å². The molecule has 0 bridgehead atoms. The topological polar surface area (TPSA) is 55.2 Å². The average Bonchev–Trinajstić information content (AvgIpc) is 2.77. The lowest BCUT2D eigenvalue weighted by Crippen LogP contribution is -2.04. The standard InChI is InChI=1S/C10H8F2N2O2S/c11-10(12)16-9-6(2-1-3-13-9)7-4-14-8(5-15)17-7/h1-4,10,15H,5H2. The zero-order valence-corrected chi connectivity index (χ0v) is 9.32. The van der Waals surface area contributed by atoms with Gasteiger partial charge in [-0.3, -0.25) is 0 Å². The van der Waals surface area contributed by atoms with Gasteiger partial charge >= 0.3 is 6.61 Å². The molecule has 90 valence electrons. The molecule has 17 heavy (non-hydrogen) atoms. The van der Waals surface area contributed by atoms with Gasteiger partial charge in [0.2, 0.25) is 5.88 Å². The van der Waals surface area contributed by atoms with E-state index in [0.717, 1.165) is 0 Å². The van der Waals surface area contributed by atoms with Crippen LogP contribution in [-0.4, -0.2) is 21.7 Å². The summed E-state index contributed by atoms with van der Waals surface area (Å²) in [6.07, 6.45) is 2.86. The zero-order valence-electron chi connectivity index (χ0n) is 8.51. The fourth-order valence-electron chi connectivity index (χ4n) is 1.26. The van der Waals surface area contributed by atoms with Crippen molar-refractivity contribution in [2.24, 2.45) is 0 Å². The van der Waals surface area contributed by atoms with Crippen molar-refractivity contribution in [2.45, 2.75) is 13.2 Å². The van der Waals surface area contributed by atoms with Crippen molar-refractivity contribution in [3.05, 3.63) is 29.5 Å². The average molecular weight is 258 g/mol. The summed E-state index contributed by atoms with van der Waals surface area (Å²) in [5.74, 6) is -0.143. The quantitative estimate of drug-likeness (QED) is 0.914. The molecule has 2 aromatic rings. The van der Waals surface area contributed by atoms with Crippen LogP contribution in [0.1, 0.15) is 5.01 Å². The molecule has 7 heteroatoms. The largest absolute Gasteiger partial charge is 0.416 e. The third kappa shape index (κ3) is 2.75. The highest BCUT2D eigenvalue weighted by atomic mass is 32.1. The molecule has 0 aromatic carbocycles. The second kappa shape index (κ2) is 5.15. The Morgan fingerprint density at radius 3 is 2.88 bits per heavy atom. The minimum absolute atomic E-state index is 0.143. The van der Waals surface area contributed by atoms with Gasteiger partial charge in [0.15, 0.2) is 0 Å². The lowest BCUT2D eigenvalue weighted by Gasteiger charge is -2.06. The molecule has 0 spiro atoms. The number of alkyl halides is 2. The Labute approximate surface area is 99.5 Å². The zero-order chi connectivity index (χ0) is 12.3. The van der Waals surface area contributed by atoms with Gasteiger partial charge in [-0.2, -0.15) is 8.78 Å². The molecule has 2 rings (SSSR count). The molecule has 4 nitrogen and oxygen atoms in total. The van der Waals surface area contributed by atoms with Crippen LogP contribution in [0.2, 0.25) is 0 Å². The van der Waals surface area contributed by atoms with Crippen molar-refractivity contribution in [1.82, 2.24) is 9.97 Å². The highest BCUT2D eigenvalue weighted by Gasteiger charge is 2.14. The maximum absolute atomic E-state index is 12.2. The molecule has 0 saturated carbocycles. The lowest BCUT2D eigenvalue weighted by molar-refractivity contribution is -0.0524. The summed E-state index contributed by atoms with van der Waals surface area (Å²) >= 11 is 1.20. The van der Waals surface area contributed by atoms with E-state index in [1.165, 1.54) is 23.7 Å². The van der Waals surface area contributed by atoms with Crippen LogP contribution in [0.25, 0.3) is 10.4 Å². The van der Waals surface area contributed by atoms with E-state index in [2.05, 4.69) is 14.7 Å². The maximum Gasteiger partial charge on any atom is 0.388 e. The molecule has 0 saturated heterocycles. The predicted molar refractivity (Wildman–Crippen MR) is 57.9 cm³/mol. The molecular weight excluding hydrogens is 250 g/mol. The van der Waals surface area contributed by atoms with Crippen LogP contribution < -0.4 is 4.74 Å². The fraction of sp³-hybridized carbons (Fsp3) is 0.200.